The summed E-state index contributed by atoms with van der Waals surface area (Å²) in [6.45, 7) is 0. The van der Waals surface area contributed by atoms with Crippen molar-refractivity contribution in [1.29, 1.82) is 0 Å². The number of rotatable bonds is 0. The second-order valence-corrected chi connectivity index (χ2v) is 1.96. The zero-order valence-electron chi connectivity index (χ0n) is 5.07. The molecule has 0 fully saturated rings. The summed E-state index contributed by atoms with van der Waals surface area (Å²) in [5, 5.41) is 11.5. The first-order chi connectivity index (χ1) is 4.88. The Hall–Kier alpha value is -1.51. The summed E-state index contributed by atoms with van der Waals surface area (Å²) in [6, 6.07) is 3.55. The Balaban J connectivity index is 2.93. The fourth-order valence-corrected chi connectivity index (χ4v) is 0.856. The summed E-state index contributed by atoms with van der Waals surface area (Å²) in [5.74, 6) is -0.365. The van der Waals surface area contributed by atoms with Gasteiger partial charge in [0.1, 0.15) is 0 Å². The van der Waals surface area contributed by atoms with E-state index >= 15 is 0 Å². The van der Waals surface area contributed by atoms with E-state index in [9.17, 15) is 5.11 Å². The van der Waals surface area contributed by atoms with Gasteiger partial charge in [-0.05, 0) is 12.3 Å². The normalized spacial score (nSPS) is 10.4. The van der Waals surface area contributed by atoms with Crippen LogP contribution >= 0.6 is 0 Å². The molecule has 0 unspecified atom stereocenters. The Labute approximate surface area is 56.9 Å². The molecule has 0 aliphatic rings. The highest BCUT2D eigenvalue weighted by Crippen LogP contribution is 2.20. The molecule has 2 heterocycles. The highest BCUT2D eigenvalue weighted by atomic mass is 16.5. The van der Waals surface area contributed by atoms with E-state index < -0.39 is 0 Å². The fraction of sp³-hybridized carbons (Fsp3) is 0. The van der Waals surface area contributed by atoms with Crippen molar-refractivity contribution in [3.8, 4) is 5.95 Å². The number of fused-ring (bicyclic) bond motifs is 1. The molecule has 0 radical (unpaired) electrons. The lowest BCUT2D eigenvalue weighted by Gasteiger charge is -1.90. The monoisotopic (exact) mass is 134 g/mol. The van der Waals surface area contributed by atoms with E-state index in [1.807, 2.05) is 0 Å². The van der Waals surface area contributed by atoms with Gasteiger partial charge >= 0.3 is 0 Å². The molecule has 0 aliphatic carbocycles. The average Bonchev–Trinajstić information content (AvgIpc) is 2.34. The largest absolute Gasteiger partial charge is 0.585 e. The van der Waals surface area contributed by atoms with Crippen LogP contribution in [0.4, 0.5) is 0 Å². The summed E-state index contributed by atoms with van der Waals surface area (Å²) in [7, 11) is 0. The maximum Gasteiger partial charge on any atom is 0.0927 e. The molecular weight excluding hydrogens is 130 g/mol. The van der Waals surface area contributed by atoms with Gasteiger partial charge in [-0.2, -0.15) is 0 Å². The molecule has 0 spiro atoms. The van der Waals surface area contributed by atoms with Gasteiger partial charge in [0.2, 0.25) is 0 Å². The number of nitrogens with zero attached hydrogens (tertiary/aromatic N) is 1. The Bertz CT molecular complexity index is 353. The zero-order chi connectivity index (χ0) is 6.97. The van der Waals surface area contributed by atoms with E-state index in [1.54, 1.807) is 18.3 Å². The molecule has 3 heteroatoms. The molecule has 0 saturated carbocycles. The lowest BCUT2D eigenvalue weighted by atomic mass is 10.3. The lowest BCUT2D eigenvalue weighted by Crippen LogP contribution is -1.86. The van der Waals surface area contributed by atoms with Crippen molar-refractivity contribution in [2.24, 2.45) is 0 Å². The Kier molecular flexibility index (Phi) is 0.917. The van der Waals surface area contributed by atoms with Gasteiger partial charge in [0.05, 0.1) is 11.5 Å². The molecule has 0 N–H and O–H groups in total. The van der Waals surface area contributed by atoms with Crippen molar-refractivity contribution in [3.05, 3.63) is 24.6 Å². The van der Waals surface area contributed by atoms with Gasteiger partial charge < -0.3 is 9.52 Å². The van der Waals surface area contributed by atoms with Gasteiger partial charge in [-0.15, -0.1) is 0 Å². The van der Waals surface area contributed by atoms with E-state index in [4.69, 9.17) is 0 Å². The number of pyridine rings is 1. The molecule has 3 nitrogen and oxygen atoms in total. The van der Waals surface area contributed by atoms with Crippen LogP contribution < -0.4 is 5.11 Å². The molecule has 0 amide bonds. The van der Waals surface area contributed by atoms with Crippen LogP contribution in [0, 0.1) is 0 Å². The predicted octanol–water partition coefficient (Wildman–Crippen LogP) is 0.901. The molecule has 50 valence electrons. The molecule has 0 aromatic carbocycles. The van der Waals surface area contributed by atoms with Crippen LogP contribution in [-0.2, 0) is 0 Å². The third-order valence-corrected chi connectivity index (χ3v) is 1.33. The van der Waals surface area contributed by atoms with Gasteiger partial charge in [-0.1, -0.05) is 6.07 Å². The van der Waals surface area contributed by atoms with Crippen molar-refractivity contribution < 1.29 is 9.52 Å². The summed E-state index contributed by atoms with van der Waals surface area (Å²) < 4.78 is 4.60. The summed E-state index contributed by atoms with van der Waals surface area (Å²) in [5.41, 5.74) is 0.405. The van der Waals surface area contributed by atoms with Crippen LogP contribution in [0.25, 0.3) is 10.9 Å². The summed E-state index contributed by atoms with van der Waals surface area (Å²) in [6.07, 6.45) is 2.98. The first-order valence-electron chi connectivity index (χ1n) is 2.87. The van der Waals surface area contributed by atoms with Crippen molar-refractivity contribution in [1.82, 2.24) is 4.98 Å². The zero-order valence-corrected chi connectivity index (χ0v) is 5.07. The molecule has 0 bridgehead atoms. The first-order valence-corrected chi connectivity index (χ1v) is 2.87. The average molecular weight is 134 g/mol. The number of furan rings is 1. The Morgan fingerprint density at radius 3 is 3.20 bits per heavy atom. The minimum absolute atomic E-state index is 0.365. The van der Waals surface area contributed by atoms with E-state index in [1.165, 1.54) is 6.26 Å². The van der Waals surface area contributed by atoms with Crippen LogP contribution in [0.15, 0.2) is 29.0 Å². The molecule has 2 aromatic heterocycles. The molecule has 0 atom stereocenters. The quantitative estimate of drug-likeness (QED) is 0.537. The fourth-order valence-electron chi connectivity index (χ4n) is 0.856. The van der Waals surface area contributed by atoms with Crippen molar-refractivity contribution in [2.75, 3.05) is 0 Å². The minimum Gasteiger partial charge on any atom is -0.585 e. The van der Waals surface area contributed by atoms with Crippen LogP contribution in [0.2, 0.25) is 0 Å². The van der Waals surface area contributed by atoms with E-state index in [2.05, 4.69) is 9.40 Å². The third-order valence-electron chi connectivity index (χ3n) is 1.33. The number of hydrogen-bond acceptors (Lipinski definition) is 3. The van der Waals surface area contributed by atoms with Crippen molar-refractivity contribution in [3.63, 3.8) is 0 Å². The molecule has 0 saturated heterocycles. The van der Waals surface area contributed by atoms with Gasteiger partial charge in [0, 0.05) is 11.6 Å². The molecular formula is C7H4NO2-. The standard InChI is InChI=1S/C7H5NO2/c9-7-6-5(4-10-7)2-1-3-8-6/h1-4,9H/p-1. The van der Waals surface area contributed by atoms with Crippen molar-refractivity contribution in [2.45, 2.75) is 0 Å². The van der Waals surface area contributed by atoms with E-state index in [0.717, 1.165) is 5.39 Å². The highest BCUT2D eigenvalue weighted by Gasteiger charge is 1.93. The van der Waals surface area contributed by atoms with Crippen LogP contribution in [-0.4, -0.2) is 4.98 Å². The second kappa shape index (κ2) is 1.73. The SMILES string of the molecule is [O-]c1occ2cccnc12. The van der Waals surface area contributed by atoms with Crippen LogP contribution in [0.5, 0.6) is 5.95 Å². The Morgan fingerprint density at radius 2 is 2.40 bits per heavy atom. The van der Waals surface area contributed by atoms with Crippen molar-refractivity contribution >= 4 is 10.9 Å². The van der Waals surface area contributed by atoms with Crippen LogP contribution in [0.3, 0.4) is 0 Å². The highest BCUT2D eigenvalue weighted by molar-refractivity contribution is 5.81. The molecule has 2 rings (SSSR count). The number of aromatic nitrogens is 1. The maximum absolute atomic E-state index is 10.7. The summed E-state index contributed by atoms with van der Waals surface area (Å²) in [4.78, 5) is 3.83. The first kappa shape index (κ1) is 5.29. The second-order valence-electron chi connectivity index (χ2n) is 1.96. The van der Waals surface area contributed by atoms with Gasteiger partial charge in [-0.25, -0.2) is 0 Å². The predicted molar refractivity (Wildman–Crippen MR) is 33.5 cm³/mol. The topological polar surface area (TPSA) is 49.1 Å². The summed E-state index contributed by atoms with van der Waals surface area (Å²) >= 11 is 0. The van der Waals surface area contributed by atoms with Crippen LogP contribution in [0.1, 0.15) is 0 Å². The Morgan fingerprint density at radius 1 is 1.50 bits per heavy atom. The maximum atomic E-state index is 10.7. The van der Waals surface area contributed by atoms with E-state index in [-0.39, 0.29) is 5.95 Å². The smallest absolute Gasteiger partial charge is 0.0927 e. The van der Waals surface area contributed by atoms with Gasteiger partial charge in [-0.3, -0.25) is 4.98 Å². The van der Waals surface area contributed by atoms with Gasteiger partial charge in [0.25, 0.3) is 0 Å². The lowest BCUT2D eigenvalue weighted by molar-refractivity contribution is -0.291. The molecule has 2 aromatic rings. The molecule has 10 heavy (non-hydrogen) atoms. The molecule has 0 aliphatic heterocycles. The third kappa shape index (κ3) is 0.572. The minimum atomic E-state index is -0.365. The number of hydrogen-bond donors (Lipinski definition) is 0. The van der Waals surface area contributed by atoms with E-state index in [0.29, 0.717) is 5.52 Å². The van der Waals surface area contributed by atoms with Gasteiger partial charge in [0.15, 0.2) is 0 Å².